The third-order valence-corrected chi connectivity index (χ3v) is 4.41. The van der Waals surface area contributed by atoms with E-state index in [1.54, 1.807) is 54.6 Å². The Hall–Kier alpha value is -3.35. The average Bonchev–Trinajstić information content (AvgIpc) is 2.72. The molecule has 3 rings (SSSR count). The minimum Gasteiger partial charge on any atom is -0.378 e. The fourth-order valence-corrected chi connectivity index (χ4v) is 2.91. The van der Waals surface area contributed by atoms with E-state index in [-0.39, 0.29) is 5.70 Å². The summed E-state index contributed by atoms with van der Waals surface area (Å²) in [4.78, 5) is 3.19. The van der Waals surface area contributed by atoms with Crippen LogP contribution in [0.3, 0.4) is 0 Å². The van der Waals surface area contributed by atoms with Gasteiger partial charge in [-0.3, -0.25) is 0 Å². The summed E-state index contributed by atoms with van der Waals surface area (Å²) in [7, 11) is 3.69. The Morgan fingerprint density at radius 3 is 1.52 bits per heavy atom. The largest absolute Gasteiger partial charge is 0.378 e. The molecule has 0 bridgehead atoms. The normalized spacial score (nSPS) is 10.7. The maximum absolute atomic E-state index is 14.4. The molecule has 3 aromatic carbocycles. The molecule has 0 aliphatic carbocycles. The molecular weight excluding hydrogens is 387 g/mol. The van der Waals surface area contributed by atoms with Crippen molar-refractivity contribution in [2.45, 2.75) is 0 Å². The van der Waals surface area contributed by atoms with E-state index in [0.29, 0.717) is 11.4 Å². The van der Waals surface area contributed by atoms with Crippen LogP contribution in [0.1, 0.15) is 5.56 Å². The molecule has 0 unspecified atom stereocenters. The van der Waals surface area contributed by atoms with Crippen LogP contribution < -0.4 is 9.80 Å². The van der Waals surface area contributed by atoms with E-state index in [1.807, 2.05) is 19.0 Å². The third-order valence-electron chi connectivity index (χ3n) is 4.41. The predicted molar refractivity (Wildman–Crippen MR) is 105 cm³/mol. The molecule has 0 saturated heterocycles. The Morgan fingerprint density at radius 2 is 1.03 bits per heavy atom. The minimum absolute atomic E-state index is 0.387. The number of para-hydroxylation sites is 1. The number of benzene rings is 3. The molecule has 0 radical (unpaired) electrons. The first-order valence-corrected chi connectivity index (χ1v) is 8.57. The second kappa shape index (κ2) is 7.95. The van der Waals surface area contributed by atoms with Crippen LogP contribution >= 0.6 is 0 Å². The van der Waals surface area contributed by atoms with Crippen molar-refractivity contribution in [3.8, 4) is 0 Å². The van der Waals surface area contributed by atoms with E-state index < -0.39 is 34.6 Å². The van der Waals surface area contributed by atoms with E-state index in [4.69, 9.17) is 0 Å². The summed E-state index contributed by atoms with van der Waals surface area (Å²) in [6, 6.07) is 15.2. The van der Waals surface area contributed by atoms with Gasteiger partial charge in [0.2, 0.25) is 5.82 Å². The molecule has 2 nitrogen and oxygen atoms in total. The number of hydrogen-bond acceptors (Lipinski definition) is 2. The lowest BCUT2D eigenvalue weighted by Gasteiger charge is -2.28. The maximum atomic E-state index is 14.4. The van der Waals surface area contributed by atoms with Gasteiger partial charge in [0.15, 0.2) is 23.3 Å². The molecule has 0 aliphatic rings. The van der Waals surface area contributed by atoms with Crippen molar-refractivity contribution in [3.05, 3.63) is 95.8 Å². The van der Waals surface area contributed by atoms with Crippen molar-refractivity contribution in [3.63, 3.8) is 0 Å². The fraction of sp³-hybridized carbons (Fsp3) is 0.0909. The summed E-state index contributed by atoms with van der Waals surface area (Å²) in [5.41, 5.74) is 0.280. The molecule has 0 atom stereocenters. The van der Waals surface area contributed by atoms with Crippen LogP contribution in [0.5, 0.6) is 0 Å². The molecule has 29 heavy (non-hydrogen) atoms. The van der Waals surface area contributed by atoms with E-state index in [1.165, 1.54) is 4.90 Å². The summed E-state index contributed by atoms with van der Waals surface area (Å²) >= 11 is 0. The van der Waals surface area contributed by atoms with Gasteiger partial charge in [-0.05, 0) is 36.4 Å². The van der Waals surface area contributed by atoms with E-state index >= 15 is 0 Å². The zero-order chi connectivity index (χ0) is 21.3. The summed E-state index contributed by atoms with van der Waals surface area (Å²) in [6.07, 6.45) is 0. The smallest absolute Gasteiger partial charge is 0.200 e. The average molecular weight is 404 g/mol. The van der Waals surface area contributed by atoms with Gasteiger partial charge in [-0.2, -0.15) is 0 Å². The van der Waals surface area contributed by atoms with Crippen LogP contribution in [0.25, 0.3) is 5.70 Å². The molecule has 0 amide bonds. The topological polar surface area (TPSA) is 6.48 Å². The van der Waals surface area contributed by atoms with Gasteiger partial charge >= 0.3 is 0 Å². The van der Waals surface area contributed by atoms with E-state index in [2.05, 4.69) is 6.58 Å². The Balaban J connectivity index is 2.20. The maximum Gasteiger partial charge on any atom is 0.200 e. The zero-order valence-corrected chi connectivity index (χ0v) is 15.7. The summed E-state index contributed by atoms with van der Waals surface area (Å²) in [5, 5.41) is 0. The van der Waals surface area contributed by atoms with Crippen LogP contribution in [0.15, 0.2) is 61.2 Å². The Bertz CT molecular complexity index is 1020. The highest BCUT2D eigenvalue weighted by atomic mass is 19.2. The van der Waals surface area contributed by atoms with E-state index in [9.17, 15) is 22.0 Å². The summed E-state index contributed by atoms with van der Waals surface area (Å²) < 4.78 is 69.7. The lowest BCUT2D eigenvalue weighted by molar-refractivity contribution is 0.376. The molecular formula is C22H17F5N2. The molecule has 0 N–H and O–H groups in total. The number of hydrogen-bond donors (Lipinski definition) is 0. The molecule has 0 spiro atoms. The number of rotatable bonds is 5. The van der Waals surface area contributed by atoms with Gasteiger partial charge in [0.1, 0.15) is 0 Å². The third kappa shape index (κ3) is 3.68. The molecule has 3 aromatic rings. The van der Waals surface area contributed by atoms with Gasteiger partial charge in [0.25, 0.3) is 0 Å². The van der Waals surface area contributed by atoms with Gasteiger partial charge in [-0.25, -0.2) is 22.0 Å². The van der Waals surface area contributed by atoms with Gasteiger partial charge in [0.05, 0.1) is 11.3 Å². The Morgan fingerprint density at radius 1 is 0.621 bits per heavy atom. The van der Waals surface area contributed by atoms with Crippen LogP contribution in [-0.2, 0) is 0 Å². The van der Waals surface area contributed by atoms with Crippen molar-refractivity contribution >= 4 is 22.8 Å². The van der Waals surface area contributed by atoms with Crippen molar-refractivity contribution in [1.29, 1.82) is 0 Å². The number of nitrogens with zero attached hydrogens (tertiary/aromatic N) is 2. The Labute approximate surface area is 165 Å². The zero-order valence-electron chi connectivity index (χ0n) is 15.7. The highest BCUT2D eigenvalue weighted by Crippen LogP contribution is 2.37. The Kier molecular flexibility index (Phi) is 5.59. The molecule has 150 valence electrons. The first-order valence-electron chi connectivity index (χ1n) is 8.57. The summed E-state index contributed by atoms with van der Waals surface area (Å²) in [6.45, 7) is 3.65. The molecule has 0 heterocycles. The SMILES string of the molecule is C=C(c1c(F)c(F)c(F)c(F)c1F)N(c1ccccc1)c1ccc(N(C)C)cc1. The predicted octanol–water partition coefficient (Wildman–Crippen LogP) is 6.26. The number of halogens is 5. The minimum atomic E-state index is -2.21. The van der Waals surface area contributed by atoms with E-state index in [0.717, 1.165) is 5.69 Å². The molecule has 7 heteroatoms. The van der Waals surface area contributed by atoms with Crippen LogP contribution in [-0.4, -0.2) is 14.1 Å². The molecule has 0 aromatic heterocycles. The molecule has 0 saturated carbocycles. The number of anilines is 3. The van der Waals surface area contributed by atoms with Crippen molar-refractivity contribution in [2.75, 3.05) is 23.9 Å². The molecule has 0 aliphatic heterocycles. The van der Waals surface area contributed by atoms with Gasteiger partial charge in [0, 0.05) is 31.2 Å². The summed E-state index contributed by atoms with van der Waals surface area (Å²) in [5.74, 6) is -10.1. The van der Waals surface area contributed by atoms with Gasteiger partial charge < -0.3 is 9.80 Å². The quantitative estimate of drug-likeness (QED) is 0.281. The van der Waals surface area contributed by atoms with Gasteiger partial charge in [-0.15, -0.1) is 0 Å². The lowest BCUT2D eigenvalue weighted by Crippen LogP contribution is -2.19. The first-order chi connectivity index (χ1) is 13.7. The van der Waals surface area contributed by atoms with Gasteiger partial charge in [-0.1, -0.05) is 24.8 Å². The first kappa shape index (κ1) is 20.4. The standard InChI is InChI=1S/C22H17F5N2/c1-13(17-18(23)20(25)22(27)21(26)19(17)24)29(15-7-5-4-6-8-15)16-11-9-14(10-12-16)28(2)3/h4-12H,1H2,2-3H3. The lowest BCUT2D eigenvalue weighted by atomic mass is 10.1. The van der Waals surface area contributed by atoms with Crippen LogP contribution in [0, 0.1) is 29.1 Å². The van der Waals surface area contributed by atoms with Crippen molar-refractivity contribution < 1.29 is 22.0 Å². The monoisotopic (exact) mass is 404 g/mol. The fourth-order valence-electron chi connectivity index (χ4n) is 2.91. The highest BCUT2D eigenvalue weighted by Gasteiger charge is 2.30. The van der Waals surface area contributed by atoms with Crippen LogP contribution in [0.2, 0.25) is 0 Å². The molecule has 0 fully saturated rings. The van der Waals surface area contributed by atoms with Crippen LogP contribution in [0.4, 0.5) is 39.0 Å². The highest BCUT2D eigenvalue weighted by molar-refractivity contribution is 5.87. The second-order valence-electron chi connectivity index (χ2n) is 6.47. The van der Waals surface area contributed by atoms with Crippen molar-refractivity contribution in [1.82, 2.24) is 0 Å². The van der Waals surface area contributed by atoms with Crippen molar-refractivity contribution in [2.24, 2.45) is 0 Å². The second-order valence-corrected chi connectivity index (χ2v) is 6.47.